The third-order valence-corrected chi connectivity index (χ3v) is 20.0. The fraction of sp³-hybridized carbons (Fsp3) is 0.509. The number of pyridine rings is 3. The summed E-state index contributed by atoms with van der Waals surface area (Å²) in [7, 11) is 11.9. The Balaban J connectivity index is 0.000000283. The summed E-state index contributed by atoms with van der Waals surface area (Å²) >= 11 is 0. The molecule has 3 saturated heterocycles. The number of nitrogens with zero attached hydrogens (tertiary/aromatic N) is 5. The van der Waals surface area contributed by atoms with E-state index in [-0.39, 0.29) is 77.8 Å². The molecule has 464 valence electrons. The van der Waals surface area contributed by atoms with E-state index in [9.17, 15) is 53.4 Å². The molecule has 3 aliphatic heterocycles. The molecule has 3 aliphatic rings. The van der Waals surface area contributed by atoms with Gasteiger partial charge < -0.3 is 60.3 Å². The first-order valence-electron chi connectivity index (χ1n) is 27.7. The number of ether oxygens (including phenoxy) is 2. The Morgan fingerprint density at radius 3 is 1.20 bits per heavy atom. The number of hydrogen-bond donors (Lipinski definition) is 4. The van der Waals surface area contributed by atoms with Crippen LogP contribution in [0, 0.1) is 0 Å². The number of carboxylic acid groups (broad SMARTS) is 2. The normalized spacial score (nSPS) is 15.2. The second-order valence-electron chi connectivity index (χ2n) is 19.3. The highest BCUT2D eigenvalue weighted by Gasteiger charge is 2.29. The molecule has 0 spiro atoms. The van der Waals surface area contributed by atoms with E-state index < -0.39 is 35.7 Å². The maximum absolute atomic E-state index is 12.9. The van der Waals surface area contributed by atoms with Crippen molar-refractivity contribution in [1.82, 2.24) is 46.0 Å². The number of rotatable bonds is 28. The number of carbonyl (C=O) groups is 9. The topological polar surface area (TPSA) is 311 Å². The molecule has 5 amide bonds. The number of aromatic nitrogens is 3. The van der Waals surface area contributed by atoms with Crippen LogP contribution in [-0.4, -0.2) is 167 Å². The van der Waals surface area contributed by atoms with Crippen LogP contribution in [0.2, 0.25) is 0 Å². The molecule has 0 unspecified atom stereocenters. The summed E-state index contributed by atoms with van der Waals surface area (Å²) in [6.45, 7) is 6.33. The van der Waals surface area contributed by atoms with Gasteiger partial charge in [-0.2, -0.15) is 0 Å². The minimum Gasteiger partial charge on any atom is -0.545 e. The van der Waals surface area contributed by atoms with E-state index >= 15 is 0 Å². The maximum Gasteiger partial charge on any atom is 0.305 e. The number of piperidine rings is 3. The van der Waals surface area contributed by atoms with Crippen LogP contribution in [0.15, 0.2) is 111 Å². The number of methoxy groups -OCH3 is 2. The molecule has 3 aromatic heterocycles. The van der Waals surface area contributed by atoms with E-state index in [1.54, 1.807) is 71.6 Å². The number of hydrogen-bond acceptors (Lipinski definition) is 23. The van der Waals surface area contributed by atoms with Crippen molar-refractivity contribution in [3.63, 3.8) is 0 Å². The summed E-state index contributed by atoms with van der Waals surface area (Å²) in [6, 6.07) is 17.5. The monoisotopic (exact) mass is 1290 g/mol. The van der Waals surface area contributed by atoms with Gasteiger partial charge in [0.25, 0.3) is 0 Å². The van der Waals surface area contributed by atoms with Gasteiger partial charge in [0, 0.05) is 123 Å². The molecular formula is C57H75N9O13S6-2. The lowest BCUT2D eigenvalue weighted by Gasteiger charge is -2.33. The zero-order valence-electron chi connectivity index (χ0n) is 48.2. The summed E-state index contributed by atoms with van der Waals surface area (Å²) in [4.78, 5) is 123. The molecule has 6 heterocycles. The molecule has 4 N–H and O–H groups in total. The Bertz CT molecular complexity index is 2680. The van der Waals surface area contributed by atoms with Crippen molar-refractivity contribution in [2.75, 3.05) is 70.7 Å². The fourth-order valence-corrected chi connectivity index (χ4v) is 14.1. The molecule has 6 rings (SSSR count). The minimum absolute atomic E-state index is 0.0285. The third kappa shape index (κ3) is 29.0. The van der Waals surface area contributed by atoms with Crippen molar-refractivity contribution in [2.45, 2.75) is 131 Å². The summed E-state index contributed by atoms with van der Waals surface area (Å²) in [6.07, 6.45) is 10.6. The fourth-order valence-electron chi connectivity index (χ4n) is 8.45. The number of nitrogens with one attached hydrogen (secondary N) is 4. The standard InChI is InChI=1S/2C22H29N3O6S2.C13H19N3OS2/c1-15(22(29)30)17(6-7-20(27)31-2)21(28)25-12-8-16(9-13-25)24-18(26)10-14-32-33-19-5-3-4-11-23-19;1-15(17(22(29)30)6-7-20(27)31-2)21(28)25-12-8-16(9-13-25)24-18(26)10-14-32-33-19-5-3-4-11-23-19;17-12(16-11-4-8-14-9-5-11)6-10-18-19-13-3-1-2-7-15-13/h2*3-5,11,16H,6-10,12-14H2,1-2H3,(H,24,26)(H,29,30);1-3,7,11,14H,4-6,8-10H2,(H,16,17)/p-2/b2*17-15-;. The molecule has 0 bridgehead atoms. The van der Waals surface area contributed by atoms with Crippen LogP contribution in [-0.2, 0) is 52.6 Å². The lowest BCUT2D eigenvalue weighted by molar-refractivity contribution is -0.300. The molecule has 0 saturated carbocycles. The van der Waals surface area contributed by atoms with Gasteiger partial charge >= 0.3 is 11.9 Å². The molecular weight excluding hydrogens is 1210 g/mol. The van der Waals surface area contributed by atoms with Crippen molar-refractivity contribution < 1.29 is 62.8 Å². The van der Waals surface area contributed by atoms with Gasteiger partial charge in [0.2, 0.25) is 29.5 Å². The van der Waals surface area contributed by atoms with Crippen molar-refractivity contribution in [3.8, 4) is 0 Å². The van der Waals surface area contributed by atoms with E-state index in [0.717, 1.165) is 46.8 Å². The highest BCUT2D eigenvalue weighted by atomic mass is 33.1. The van der Waals surface area contributed by atoms with Gasteiger partial charge in [-0.15, -0.1) is 0 Å². The second kappa shape index (κ2) is 41.3. The lowest BCUT2D eigenvalue weighted by atomic mass is 9.99. The number of amides is 5. The second-order valence-corrected chi connectivity index (χ2v) is 26.6. The van der Waals surface area contributed by atoms with Gasteiger partial charge in [-0.05, 0) is 158 Å². The third-order valence-electron chi connectivity index (χ3n) is 13.2. The Morgan fingerprint density at radius 1 is 0.494 bits per heavy atom. The summed E-state index contributed by atoms with van der Waals surface area (Å²) < 4.78 is 9.10. The van der Waals surface area contributed by atoms with Crippen molar-refractivity contribution in [1.29, 1.82) is 0 Å². The van der Waals surface area contributed by atoms with Gasteiger partial charge in [0.15, 0.2) is 0 Å². The lowest BCUT2D eigenvalue weighted by Crippen LogP contribution is -2.47. The first kappa shape index (κ1) is 71.7. The van der Waals surface area contributed by atoms with Crippen LogP contribution in [0.3, 0.4) is 0 Å². The number of carbonyl (C=O) groups excluding carboxylic acids is 9. The molecule has 0 aromatic carbocycles. The summed E-state index contributed by atoms with van der Waals surface area (Å²) in [5.41, 5.74) is -0.267. The number of aliphatic carboxylic acids is 2. The molecule has 22 nitrogen and oxygen atoms in total. The quantitative estimate of drug-likeness (QED) is 0.0330. The number of esters is 2. The molecule has 3 aromatic rings. The minimum atomic E-state index is -1.47. The number of carboxylic acids is 2. The number of likely N-dealkylation sites (tertiary alicyclic amines) is 2. The van der Waals surface area contributed by atoms with Crippen molar-refractivity contribution >= 4 is 118 Å². The average molecular weight is 1290 g/mol. The highest BCUT2D eigenvalue weighted by Crippen LogP contribution is 2.31. The predicted molar refractivity (Wildman–Crippen MR) is 329 cm³/mol. The summed E-state index contributed by atoms with van der Waals surface area (Å²) in [5, 5.41) is 37.9. The molecule has 28 heteroatoms. The molecule has 3 fully saturated rings. The Kier molecular flexibility index (Phi) is 34.9. The predicted octanol–water partition coefficient (Wildman–Crippen LogP) is 4.76. The molecule has 0 radical (unpaired) electrons. The molecule has 0 aliphatic carbocycles. The Labute approximate surface area is 520 Å². The van der Waals surface area contributed by atoms with Gasteiger partial charge in [-0.3, -0.25) is 33.6 Å². The molecule has 85 heavy (non-hydrogen) atoms. The zero-order chi connectivity index (χ0) is 61.8. The van der Waals surface area contributed by atoms with Gasteiger partial charge in [-0.1, -0.05) is 50.6 Å². The largest absolute Gasteiger partial charge is 0.545 e. The maximum atomic E-state index is 12.9. The van der Waals surface area contributed by atoms with E-state index in [2.05, 4.69) is 45.7 Å². The van der Waals surface area contributed by atoms with Gasteiger partial charge in [0.05, 0.1) is 26.2 Å². The average Bonchev–Trinajstić information content (AvgIpc) is 3.72. The van der Waals surface area contributed by atoms with E-state index in [1.807, 2.05) is 54.6 Å². The smallest absolute Gasteiger partial charge is 0.305 e. The van der Waals surface area contributed by atoms with Gasteiger partial charge in [0.1, 0.15) is 15.1 Å². The van der Waals surface area contributed by atoms with E-state index in [4.69, 9.17) is 0 Å². The molecule has 0 atom stereocenters. The summed E-state index contributed by atoms with van der Waals surface area (Å²) in [5.74, 6) is -2.58. The van der Waals surface area contributed by atoms with Crippen molar-refractivity contribution in [3.05, 3.63) is 95.5 Å². The van der Waals surface area contributed by atoms with Crippen molar-refractivity contribution in [2.24, 2.45) is 0 Å². The SMILES string of the molecule is COC(=O)CC/C(C(=O)N1CCC(NC(=O)CCSSc2ccccn2)CC1)=C(\C)C(=O)[O-].COC(=O)CC/C(C(=O)[O-])=C(\C)C(=O)N1CCC(NC(=O)CCSSc2ccccn2)CC1.O=C(CCSSc1ccccn1)NC1CCNCC1. The highest BCUT2D eigenvalue weighted by molar-refractivity contribution is 8.77. The van der Waals surface area contributed by atoms with Crippen LogP contribution < -0.4 is 31.5 Å². The Morgan fingerprint density at radius 2 is 0.859 bits per heavy atom. The van der Waals surface area contributed by atoms with Gasteiger partial charge in [-0.25, -0.2) is 15.0 Å². The zero-order valence-corrected chi connectivity index (χ0v) is 53.1. The first-order chi connectivity index (χ1) is 41.0. The van der Waals surface area contributed by atoms with E-state index in [1.165, 1.54) is 49.7 Å². The van der Waals surface area contributed by atoms with Crippen LogP contribution in [0.4, 0.5) is 0 Å². The Hall–Kier alpha value is -5.78. The van der Waals surface area contributed by atoms with Crippen LogP contribution >= 0.6 is 64.8 Å². The van der Waals surface area contributed by atoms with Crippen LogP contribution in [0.5, 0.6) is 0 Å². The first-order valence-corrected chi connectivity index (χ1v) is 34.7. The van der Waals surface area contributed by atoms with Crippen LogP contribution in [0.25, 0.3) is 0 Å². The van der Waals surface area contributed by atoms with E-state index in [0.29, 0.717) is 88.7 Å². The van der Waals surface area contributed by atoms with Crippen LogP contribution in [0.1, 0.15) is 97.3 Å².